The van der Waals surface area contributed by atoms with E-state index in [0.29, 0.717) is 32.5 Å². The normalized spacial score (nSPS) is 20.0. The Morgan fingerprint density at radius 3 is 2.04 bits per heavy atom. The van der Waals surface area contributed by atoms with Crippen molar-refractivity contribution in [2.45, 2.75) is 110 Å². The first-order valence-electron chi connectivity index (χ1n) is 17.7. The van der Waals surface area contributed by atoms with Crippen LogP contribution >= 0.6 is 0 Å². The van der Waals surface area contributed by atoms with E-state index in [0.717, 1.165) is 24.2 Å². The van der Waals surface area contributed by atoms with E-state index >= 15 is 0 Å². The van der Waals surface area contributed by atoms with Crippen molar-refractivity contribution in [3.63, 3.8) is 0 Å². The predicted octanol–water partition coefficient (Wildman–Crippen LogP) is 7.42. The number of ether oxygens (including phenoxy) is 4. The van der Waals surface area contributed by atoms with Crippen molar-refractivity contribution < 1.29 is 33.3 Å². The molecule has 0 aromatic heterocycles. The van der Waals surface area contributed by atoms with Crippen LogP contribution in [0.2, 0.25) is 5.04 Å². The van der Waals surface area contributed by atoms with Gasteiger partial charge < -0.3 is 28.5 Å². The lowest BCUT2D eigenvalue weighted by atomic mass is 9.91. The van der Waals surface area contributed by atoms with Gasteiger partial charge in [-0.05, 0) is 73.1 Å². The molecule has 1 aliphatic rings. The quantitative estimate of drug-likeness (QED) is 0.131. The van der Waals surface area contributed by atoms with Crippen LogP contribution in [-0.4, -0.2) is 57.7 Å². The van der Waals surface area contributed by atoms with Gasteiger partial charge >= 0.3 is 5.97 Å². The van der Waals surface area contributed by atoms with Gasteiger partial charge in [-0.2, -0.15) is 0 Å². The number of aliphatic hydroxyl groups is 1. The fourth-order valence-electron chi connectivity index (χ4n) is 6.65. The molecule has 0 radical (unpaired) electrons. The molecular formula is C41H58O7Si. The number of hydrogen-bond acceptors (Lipinski definition) is 7. The second-order valence-corrected chi connectivity index (χ2v) is 19.9. The molecule has 1 heterocycles. The Kier molecular flexibility index (Phi) is 13.3. The maximum absolute atomic E-state index is 12.3. The summed E-state index contributed by atoms with van der Waals surface area (Å²) in [6, 6.07) is 29.3. The molecule has 1 fully saturated rings. The third-order valence-corrected chi connectivity index (χ3v) is 14.6. The fraction of sp³-hybridized carbons (Fsp3) is 0.537. The second kappa shape index (κ2) is 16.8. The van der Waals surface area contributed by atoms with Crippen molar-refractivity contribution in [1.82, 2.24) is 0 Å². The number of methoxy groups -OCH3 is 1. The maximum Gasteiger partial charge on any atom is 0.311 e. The summed E-state index contributed by atoms with van der Waals surface area (Å²) in [5.41, 5.74) is 0.378. The van der Waals surface area contributed by atoms with Crippen molar-refractivity contribution in [3.05, 3.63) is 90.5 Å². The molecule has 268 valence electrons. The second-order valence-electron chi connectivity index (χ2n) is 15.6. The first kappa shape index (κ1) is 38.8. The van der Waals surface area contributed by atoms with E-state index in [4.69, 9.17) is 23.4 Å². The number of aliphatic hydroxyl groups excluding tert-OH is 1. The van der Waals surface area contributed by atoms with Gasteiger partial charge in [0.1, 0.15) is 12.4 Å². The first-order valence-corrected chi connectivity index (χ1v) is 19.6. The minimum Gasteiger partial charge on any atom is -0.497 e. The van der Waals surface area contributed by atoms with Gasteiger partial charge in [-0.25, -0.2) is 0 Å². The lowest BCUT2D eigenvalue weighted by Crippen LogP contribution is -2.67. The van der Waals surface area contributed by atoms with Crippen LogP contribution in [0.25, 0.3) is 0 Å². The molecule has 0 spiro atoms. The molecular weight excluding hydrogens is 633 g/mol. The highest BCUT2D eigenvalue weighted by molar-refractivity contribution is 6.99. The Balaban J connectivity index is 1.53. The number of carbonyl (C=O) groups excluding carboxylic acids is 1. The molecule has 4 rings (SSSR count). The van der Waals surface area contributed by atoms with Gasteiger partial charge in [0, 0.05) is 25.4 Å². The van der Waals surface area contributed by atoms with Gasteiger partial charge in [0.2, 0.25) is 0 Å². The number of hydrogen-bond donors (Lipinski definition) is 1. The average Bonchev–Trinajstić information content (AvgIpc) is 3.09. The molecule has 3 aromatic carbocycles. The van der Waals surface area contributed by atoms with Gasteiger partial charge in [0.25, 0.3) is 8.32 Å². The molecule has 0 bridgehead atoms. The van der Waals surface area contributed by atoms with Crippen LogP contribution < -0.4 is 15.1 Å². The molecule has 0 unspecified atom stereocenters. The Labute approximate surface area is 295 Å². The summed E-state index contributed by atoms with van der Waals surface area (Å²) in [6.45, 7) is 15.3. The fourth-order valence-corrected chi connectivity index (χ4v) is 11.3. The summed E-state index contributed by atoms with van der Waals surface area (Å²) in [5, 5.41) is 13.3. The average molecular weight is 691 g/mol. The highest BCUT2D eigenvalue weighted by atomic mass is 28.4. The van der Waals surface area contributed by atoms with Gasteiger partial charge in [-0.1, -0.05) is 100 Å². The zero-order valence-electron chi connectivity index (χ0n) is 30.9. The molecule has 4 atom stereocenters. The molecule has 0 aliphatic carbocycles. The summed E-state index contributed by atoms with van der Waals surface area (Å²) >= 11 is 0. The van der Waals surface area contributed by atoms with Gasteiger partial charge in [-0.3, -0.25) is 4.79 Å². The van der Waals surface area contributed by atoms with Crippen LogP contribution in [0.4, 0.5) is 0 Å². The molecule has 1 N–H and O–H groups in total. The van der Waals surface area contributed by atoms with E-state index < -0.39 is 25.6 Å². The lowest BCUT2D eigenvalue weighted by molar-refractivity contribution is -0.298. The minimum atomic E-state index is -2.71. The van der Waals surface area contributed by atoms with Crippen LogP contribution in [0.5, 0.6) is 5.75 Å². The maximum atomic E-state index is 12.3. The van der Waals surface area contributed by atoms with Crippen LogP contribution in [-0.2, 0) is 30.0 Å². The molecule has 8 heteroatoms. The predicted molar refractivity (Wildman–Crippen MR) is 198 cm³/mol. The topological polar surface area (TPSA) is 83.5 Å². The van der Waals surface area contributed by atoms with E-state index in [2.05, 4.69) is 88.4 Å². The monoisotopic (exact) mass is 690 g/mol. The van der Waals surface area contributed by atoms with Gasteiger partial charge in [0.15, 0.2) is 5.79 Å². The summed E-state index contributed by atoms with van der Waals surface area (Å²) in [4.78, 5) is 12.3. The van der Waals surface area contributed by atoms with Crippen molar-refractivity contribution in [2.75, 3.05) is 20.3 Å². The molecule has 7 nitrogen and oxygen atoms in total. The van der Waals surface area contributed by atoms with Gasteiger partial charge in [-0.15, -0.1) is 0 Å². The Hall–Kier alpha value is -3.01. The van der Waals surface area contributed by atoms with Crippen LogP contribution in [0.15, 0.2) is 84.9 Å². The van der Waals surface area contributed by atoms with Crippen LogP contribution in [0.3, 0.4) is 0 Å². The molecule has 1 saturated heterocycles. The molecule has 3 aromatic rings. The van der Waals surface area contributed by atoms with E-state index in [1.165, 1.54) is 10.4 Å². The Bertz CT molecular complexity index is 1390. The van der Waals surface area contributed by atoms with Crippen molar-refractivity contribution in [3.8, 4) is 5.75 Å². The number of carbonyl (C=O) groups is 1. The SMILES string of the molecule is COc1ccc(CO[C@]2(CC[C@H](O)COC(=O)C(C)(C)C)CCC[C@@H]([C@@H](C)CO[Si](c3ccccc3)(c3ccccc3)C(C)(C)C)O2)cc1. The van der Waals surface area contributed by atoms with Crippen molar-refractivity contribution in [2.24, 2.45) is 11.3 Å². The Morgan fingerprint density at radius 1 is 0.918 bits per heavy atom. The van der Waals surface area contributed by atoms with Gasteiger partial charge in [0.05, 0.1) is 31.3 Å². The van der Waals surface area contributed by atoms with Crippen LogP contribution in [0, 0.1) is 11.3 Å². The molecule has 0 amide bonds. The molecule has 49 heavy (non-hydrogen) atoms. The summed E-state index contributed by atoms with van der Waals surface area (Å²) in [6.07, 6.45) is 2.44. The summed E-state index contributed by atoms with van der Waals surface area (Å²) in [7, 11) is -1.06. The highest BCUT2D eigenvalue weighted by Gasteiger charge is 2.51. The molecule has 0 saturated carbocycles. The van der Waals surface area contributed by atoms with E-state index in [1.54, 1.807) is 27.9 Å². The zero-order chi connectivity index (χ0) is 35.7. The third-order valence-electron chi connectivity index (χ3n) is 9.57. The summed E-state index contributed by atoms with van der Waals surface area (Å²) in [5.74, 6) is -0.358. The first-order chi connectivity index (χ1) is 23.2. The zero-order valence-corrected chi connectivity index (χ0v) is 31.9. The van der Waals surface area contributed by atoms with E-state index in [-0.39, 0.29) is 29.6 Å². The highest BCUT2D eigenvalue weighted by Crippen LogP contribution is 2.40. The number of rotatable bonds is 15. The lowest BCUT2D eigenvalue weighted by Gasteiger charge is -2.46. The Morgan fingerprint density at radius 2 is 1.51 bits per heavy atom. The number of benzene rings is 3. The van der Waals surface area contributed by atoms with Crippen molar-refractivity contribution in [1.29, 1.82) is 0 Å². The smallest absolute Gasteiger partial charge is 0.311 e. The minimum absolute atomic E-state index is 0.0587. The van der Waals surface area contributed by atoms with E-state index in [9.17, 15) is 9.90 Å². The summed E-state index contributed by atoms with van der Waals surface area (Å²) < 4.78 is 31.7. The van der Waals surface area contributed by atoms with Crippen molar-refractivity contribution >= 4 is 24.7 Å². The van der Waals surface area contributed by atoms with E-state index in [1.807, 2.05) is 24.3 Å². The van der Waals surface area contributed by atoms with Crippen LogP contribution in [0.1, 0.15) is 86.1 Å². The molecule has 1 aliphatic heterocycles. The standard InChI is InChI=1S/C41H58O7Si/c1-31(28-47-49(40(5,6)7,35-16-11-9-12-17-35)36-18-13-10-14-19-36)37-20-15-26-41(48-37,46-29-32-21-23-34(44-8)24-22-32)27-25-33(42)30-45-38(43)39(2,3)4/h9-14,16-19,21-24,31,33,37,42H,15,20,25-30H2,1-8H3/t31-,33-,37-,41+/m0/s1. The number of esters is 1. The largest absolute Gasteiger partial charge is 0.497 e. The third kappa shape index (κ3) is 10.0.